The molecule has 0 bridgehead atoms. The fourth-order valence-corrected chi connectivity index (χ4v) is 1.48. The van der Waals surface area contributed by atoms with Crippen molar-refractivity contribution >= 4 is 11.6 Å². The number of amides is 1. The fourth-order valence-electron chi connectivity index (χ4n) is 1.48. The third-order valence-electron chi connectivity index (χ3n) is 2.78. The van der Waals surface area contributed by atoms with Crippen LogP contribution in [-0.2, 0) is 4.79 Å². The lowest BCUT2D eigenvalue weighted by Gasteiger charge is -2.22. The molecule has 1 rings (SSSR count). The Hall–Kier alpha value is -1.71. The van der Waals surface area contributed by atoms with Crippen LogP contribution in [0, 0.1) is 0 Å². The first kappa shape index (κ1) is 14.4. The Kier molecular flexibility index (Phi) is 5.49. The van der Waals surface area contributed by atoms with Crippen molar-refractivity contribution in [2.24, 2.45) is 0 Å². The minimum atomic E-state index is 0.0660. The molecular weight excluding hydrogens is 228 g/mol. The van der Waals surface area contributed by atoms with Crippen LogP contribution in [0.5, 0.6) is 5.75 Å². The number of carbonyl (C=O) groups excluding carboxylic acids is 1. The second-order valence-corrected chi connectivity index (χ2v) is 4.38. The molecule has 0 saturated carbocycles. The predicted molar refractivity (Wildman–Crippen MR) is 74.0 cm³/mol. The molecule has 0 atom stereocenters. The van der Waals surface area contributed by atoms with E-state index in [4.69, 9.17) is 4.74 Å². The molecule has 0 aliphatic rings. The van der Waals surface area contributed by atoms with Crippen LogP contribution in [0.2, 0.25) is 0 Å². The van der Waals surface area contributed by atoms with Crippen LogP contribution in [0.4, 0.5) is 5.69 Å². The van der Waals surface area contributed by atoms with Gasteiger partial charge < -0.3 is 15.0 Å². The van der Waals surface area contributed by atoms with E-state index in [0.29, 0.717) is 6.61 Å². The molecule has 0 aliphatic heterocycles. The Morgan fingerprint density at radius 2 is 2.06 bits per heavy atom. The zero-order valence-corrected chi connectivity index (χ0v) is 11.6. The molecule has 1 amide bonds. The summed E-state index contributed by atoms with van der Waals surface area (Å²) in [7, 11) is 1.81. The summed E-state index contributed by atoms with van der Waals surface area (Å²) >= 11 is 0. The van der Waals surface area contributed by atoms with E-state index in [1.807, 2.05) is 52.1 Å². The van der Waals surface area contributed by atoms with Crippen molar-refractivity contribution in [3.63, 3.8) is 0 Å². The zero-order valence-electron chi connectivity index (χ0n) is 11.6. The van der Waals surface area contributed by atoms with Crippen LogP contribution >= 0.6 is 0 Å². The van der Waals surface area contributed by atoms with Crippen molar-refractivity contribution in [1.29, 1.82) is 0 Å². The molecule has 1 N–H and O–H groups in total. The summed E-state index contributed by atoms with van der Waals surface area (Å²) in [5.74, 6) is 0.844. The molecule has 0 heterocycles. The topological polar surface area (TPSA) is 41.6 Å². The van der Waals surface area contributed by atoms with Gasteiger partial charge in [-0.15, -0.1) is 0 Å². The van der Waals surface area contributed by atoms with Gasteiger partial charge in [-0.25, -0.2) is 0 Å². The smallest absolute Gasteiger partial charge is 0.241 e. The second-order valence-electron chi connectivity index (χ2n) is 4.38. The van der Waals surface area contributed by atoms with Gasteiger partial charge in [-0.2, -0.15) is 0 Å². The third-order valence-corrected chi connectivity index (χ3v) is 2.78. The maximum absolute atomic E-state index is 11.8. The van der Waals surface area contributed by atoms with Crippen LogP contribution < -0.4 is 10.1 Å². The van der Waals surface area contributed by atoms with Crippen molar-refractivity contribution in [2.45, 2.75) is 26.8 Å². The summed E-state index contributed by atoms with van der Waals surface area (Å²) in [6.07, 6.45) is 0. The summed E-state index contributed by atoms with van der Waals surface area (Å²) in [5, 5.41) is 3.12. The first-order valence-electron chi connectivity index (χ1n) is 6.27. The van der Waals surface area contributed by atoms with Gasteiger partial charge in [0.05, 0.1) is 18.8 Å². The SMILES string of the molecule is CCOc1ccccc1NCC(=O)N(C)C(C)C. The van der Waals surface area contributed by atoms with E-state index in [0.717, 1.165) is 11.4 Å². The Balaban J connectivity index is 2.60. The molecule has 0 fully saturated rings. The number of nitrogens with one attached hydrogen (secondary N) is 1. The average Bonchev–Trinajstić information content (AvgIpc) is 2.36. The van der Waals surface area contributed by atoms with Crippen molar-refractivity contribution in [3.8, 4) is 5.75 Å². The Morgan fingerprint density at radius 1 is 1.39 bits per heavy atom. The highest BCUT2D eigenvalue weighted by Crippen LogP contribution is 2.23. The maximum atomic E-state index is 11.8. The van der Waals surface area contributed by atoms with E-state index in [1.54, 1.807) is 4.90 Å². The lowest BCUT2D eigenvalue weighted by molar-refractivity contribution is -0.129. The van der Waals surface area contributed by atoms with Crippen LogP contribution in [0.3, 0.4) is 0 Å². The number of benzene rings is 1. The fraction of sp³-hybridized carbons (Fsp3) is 0.500. The van der Waals surface area contributed by atoms with Gasteiger partial charge in [-0.05, 0) is 32.9 Å². The number of para-hydroxylation sites is 2. The Morgan fingerprint density at radius 3 is 2.67 bits per heavy atom. The van der Waals surface area contributed by atoms with Gasteiger partial charge in [0.25, 0.3) is 0 Å². The van der Waals surface area contributed by atoms with E-state index < -0.39 is 0 Å². The molecular formula is C14H22N2O2. The van der Waals surface area contributed by atoms with Crippen molar-refractivity contribution in [1.82, 2.24) is 4.90 Å². The molecule has 0 unspecified atom stereocenters. The van der Waals surface area contributed by atoms with Crippen molar-refractivity contribution < 1.29 is 9.53 Å². The largest absolute Gasteiger partial charge is 0.492 e. The number of rotatable bonds is 6. The van der Waals surface area contributed by atoms with E-state index in [9.17, 15) is 4.79 Å². The molecule has 4 heteroatoms. The van der Waals surface area contributed by atoms with Crippen LogP contribution in [0.15, 0.2) is 24.3 Å². The van der Waals surface area contributed by atoms with E-state index >= 15 is 0 Å². The van der Waals surface area contributed by atoms with Crippen LogP contribution in [-0.4, -0.2) is 37.0 Å². The van der Waals surface area contributed by atoms with Gasteiger partial charge in [0.15, 0.2) is 0 Å². The number of likely N-dealkylation sites (N-methyl/N-ethyl adjacent to an activating group) is 1. The first-order chi connectivity index (χ1) is 8.56. The lowest BCUT2D eigenvalue weighted by Crippen LogP contribution is -2.37. The van der Waals surface area contributed by atoms with E-state index in [1.165, 1.54) is 0 Å². The summed E-state index contributed by atoms with van der Waals surface area (Å²) in [6.45, 7) is 6.81. The average molecular weight is 250 g/mol. The highest BCUT2D eigenvalue weighted by atomic mass is 16.5. The quantitative estimate of drug-likeness (QED) is 0.842. The molecule has 0 radical (unpaired) electrons. The first-order valence-corrected chi connectivity index (χ1v) is 6.27. The number of anilines is 1. The monoisotopic (exact) mass is 250 g/mol. The molecule has 1 aromatic rings. The minimum Gasteiger partial charge on any atom is -0.492 e. The number of hydrogen-bond acceptors (Lipinski definition) is 3. The molecule has 0 aliphatic carbocycles. The van der Waals surface area contributed by atoms with Gasteiger partial charge in [-0.3, -0.25) is 4.79 Å². The lowest BCUT2D eigenvalue weighted by atomic mass is 10.3. The summed E-state index contributed by atoms with van der Waals surface area (Å²) in [6, 6.07) is 7.84. The number of ether oxygens (including phenoxy) is 1. The van der Waals surface area contributed by atoms with Gasteiger partial charge >= 0.3 is 0 Å². The highest BCUT2D eigenvalue weighted by molar-refractivity contribution is 5.81. The van der Waals surface area contributed by atoms with Gasteiger partial charge in [0.2, 0.25) is 5.91 Å². The third kappa shape index (κ3) is 3.95. The normalized spacial score (nSPS) is 10.3. The van der Waals surface area contributed by atoms with Crippen molar-refractivity contribution in [2.75, 3.05) is 25.5 Å². The molecule has 0 aromatic heterocycles. The summed E-state index contributed by atoms with van der Waals surface area (Å²) < 4.78 is 5.49. The van der Waals surface area contributed by atoms with Gasteiger partial charge in [0.1, 0.15) is 5.75 Å². The Labute approximate surface area is 109 Å². The number of nitrogens with zero attached hydrogens (tertiary/aromatic N) is 1. The van der Waals surface area contributed by atoms with Crippen LogP contribution in [0.25, 0.3) is 0 Å². The molecule has 100 valence electrons. The Bertz CT molecular complexity index is 391. The van der Waals surface area contributed by atoms with E-state index in [2.05, 4.69) is 5.32 Å². The second kappa shape index (κ2) is 6.89. The number of carbonyl (C=O) groups is 1. The zero-order chi connectivity index (χ0) is 13.5. The predicted octanol–water partition coefficient (Wildman–Crippen LogP) is 2.36. The molecule has 1 aromatic carbocycles. The van der Waals surface area contributed by atoms with Gasteiger partial charge in [0, 0.05) is 13.1 Å². The number of hydrogen-bond donors (Lipinski definition) is 1. The van der Waals surface area contributed by atoms with E-state index in [-0.39, 0.29) is 18.5 Å². The van der Waals surface area contributed by atoms with Crippen molar-refractivity contribution in [3.05, 3.63) is 24.3 Å². The highest BCUT2D eigenvalue weighted by Gasteiger charge is 2.12. The maximum Gasteiger partial charge on any atom is 0.241 e. The molecule has 4 nitrogen and oxygen atoms in total. The molecule has 0 saturated heterocycles. The summed E-state index contributed by atoms with van der Waals surface area (Å²) in [5.41, 5.74) is 0.852. The molecule has 18 heavy (non-hydrogen) atoms. The van der Waals surface area contributed by atoms with Crippen LogP contribution in [0.1, 0.15) is 20.8 Å². The summed E-state index contributed by atoms with van der Waals surface area (Å²) in [4.78, 5) is 13.6. The minimum absolute atomic E-state index is 0.0660. The standard InChI is InChI=1S/C14H22N2O2/c1-5-18-13-9-7-6-8-12(13)15-10-14(17)16(4)11(2)3/h6-9,11,15H,5,10H2,1-4H3. The van der Waals surface area contributed by atoms with Gasteiger partial charge in [-0.1, -0.05) is 12.1 Å². The molecule has 0 spiro atoms.